The van der Waals surface area contributed by atoms with Crippen molar-refractivity contribution in [2.45, 2.75) is 39.2 Å². The van der Waals surface area contributed by atoms with Crippen LogP contribution in [0.3, 0.4) is 0 Å². The summed E-state index contributed by atoms with van der Waals surface area (Å²) < 4.78 is 0. The zero-order valence-corrected chi connectivity index (χ0v) is 11.7. The van der Waals surface area contributed by atoms with E-state index in [1.807, 2.05) is 0 Å². The summed E-state index contributed by atoms with van der Waals surface area (Å²) in [7, 11) is 0. The van der Waals surface area contributed by atoms with Gasteiger partial charge in [-0.3, -0.25) is 0 Å². The van der Waals surface area contributed by atoms with E-state index in [0.29, 0.717) is 10.0 Å². The molecule has 1 aliphatic rings. The first-order valence-electron chi connectivity index (χ1n) is 6.05. The van der Waals surface area contributed by atoms with Gasteiger partial charge in [0, 0.05) is 15.6 Å². The van der Waals surface area contributed by atoms with Gasteiger partial charge in [-0.05, 0) is 42.4 Å². The lowest BCUT2D eigenvalue weighted by Gasteiger charge is -2.31. The third kappa shape index (κ3) is 2.62. The Hall–Kier alpha value is -0.240. The van der Waals surface area contributed by atoms with Gasteiger partial charge in [-0.1, -0.05) is 43.5 Å². The van der Waals surface area contributed by atoms with Gasteiger partial charge >= 0.3 is 0 Å². The van der Waals surface area contributed by atoms with Gasteiger partial charge in [0.05, 0.1) is 6.10 Å². The van der Waals surface area contributed by atoms with Crippen LogP contribution in [0.4, 0.5) is 0 Å². The average Bonchev–Trinajstić information content (AvgIpc) is 2.61. The first-order valence-corrected chi connectivity index (χ1v) is 6.80. The van der Waals surface area contributed by atoms with Gasteiger partial charge in [0.1, 0.15) is 0 Å². The first kappa shape index (κ1) is 13.2. The molecule has 94 valence electrons. The van der Waals surface area contributed by atoms with Crippen molar-refractivity contribution in [2.75, 3.05) is 0 Å². The molecule has 0 bridgehead atoms. The van der Waals surface area contributed by atoms with Gasteiger partial charge in [-0.2, -0.15) is 0 Å². The Morgan fingerprint density at radius 3 is 2.65 bits per heavy atom. The van der Waals surface area contributed by atoms with Crippen molar-refractivity contribution in [3.8, 4) is 0 Å². The fraction of sp³-hybridized carbons (Fsp3) is 0.571. The SMILES string of the molecule is CC1(C)CCCC1C(O)c1cc(Cl)ccc1Cl. The third-order valence-corrected chi connectivity index (χ3v) is 4.58. The maximum atomic E-state index is 10.5. The molecule has 0 radical (unpaired) electrons. The summed E-state index contributed by atoms with van der Waals surface area (Å²) in [5, 5.41) is 11.7. The van der Waals surface area contributed by atoms with E-state index in [1.54, 1.807) is 18.2 Å². The van der Waals surface area contributed by atoms with Crippen molar-refractivity contribution < 1.29 is 5.11 Å². The molecule has 2 atom stereocenters. The van der Waals surface area contributed by atoms with Crippen molar-refractivity contribution in [1.29, 1.82) is 0 Å². The molecule has 1 aliphatic carbocycles. The zero-order valence-electron chi connectivity index (χ0n) is 10.2. The Morgan fingerprint density at radius 1 is 1.35 bits per heavy atom. The van der Waals surface area contributed by atoms with Crippen LogP contribution in [-0.2, 0) is 0 Å². The molecule has 1 saturated carbocycles. The highest BCUT2D eigenvalue weighted by atomic mass is 35.5. The number of benzene rings is 1. The molecule has 0 spiro atoms. The van der Waals surface area contributed by atoms with E-state index in [4.69, 9.17) is 23.2 Å². The van der Waals surface area contributed by atoms with Crippen LogP contribution in [0, 0.1) is 11.3 Å². The molecule has 1 nitrogen and oxygen atoms in total. The molecule has 2 rings (SSSR count). The number of aliphatic hydroxyl groups is 1. The number of halogens is 2. The second-order valence-corrected chi connectivity index (χ2v) is 6.44. The molecule has 0 aliphatic heterocycles. The molecule has 0 saturated heterocycles. The maximum Gasteiger partial charge on any atom is 0.0838 e. The van der Waals surface area contributed by atoms with Crippen molar-refractivity contribution in [3.05, 3.63) is 33.8 Å². The normalized spacial score (nSPS) is 24.9. The summed E-state index contributed by atoms with van der Waals surface area (Å²) in [5.41, 5.74) is 0.935. The molecule has 17 heavy (non-hydrogen) atoms. The van der Waals surface area contributed by atoms with Gasteiger partial charge in [-0.25, -0.2) is 0 Å². The molecule has 0 aromatic heterocycles. The summed E-state index contributed by atoms with van der Waals surface area (Å²) in [6.07, 6.45) is 2.87. The summed E-state index contributed by atoms with van der Waals surface area (Å²) in [4.78, 5) is 0. The largest absolute Gasteiger partial charge is 0.388 e. The summed E-state index contributed by atoms with van der Waals surface area (Å²) >= 11 is 12.1. The van der Waals surface area contributed by atoms with Gasteiger partial charge in [0.15, 0.2) is 0 Å². The molecule has 1 aromatic carbocycles. The highest BCUT2D eigenvalue weighted by molar-refractivity contribution is 6.33. The topological polar surface area (TPSA) is 20.2 Å². The Balaban J connectivity index is 2.30. The minimum absolute atomic E-state index is 0.172. The fourth-order valence-corrected chi connectivity index (χ4v) is 3.31. The standard InChI is InChI=1S/C14H18Cl2O/c1-14(2)7-3-4-11(14)13(17)10-8-9(15)5-6-12(10)16/h5-6,8,11,13,17H,3-4,7H2,1-2H3. The lowest BCUT2D eigenvalue weighted by molar-refractivity contribution is 0.0532. The molecular formula is C14H18Cl2O. The van der Waals surface area contributed by atoms with Crippen LogP contribution < -0.4 is 0 Å². The highest BCUT2D eigenvalue weighted by Crippen LogP contribution is 2.49. The van der Waals surface area contributed by atoms with Crippen LogP contribution in [0.5, 0.6) is 0 Å². The average molecular weight is 273 g/mol. The quantitative estimate of drug-likeness (QED) is 0.816. The van der Waals surface area contributed by atoms with E-state index in [9.17, 15) is 5.11 Å². The molecule has 0 amide bonds. The van der Waals surface area contributed by atoms with Crippen LogP contribution >= 0.6 is 23.2 Å². The molecule has 0 heterocycles. The van der Waals surface area contributed by atoms with E-state index in [-0.39, 0.29) is 11.3 Å². The Morgan fingerprint density at radius 2 is 2.06 bits per heavy atom. The molecule has 1 N–H and O–H groups in total. The molecule has 1 fully saturated rings. The van der Waals surface area contributed by atoms with Crippen molar-refractivity contribution in [1.82, 2.24) is 0 Å². The predicted molar refractivity (Wildman–Crippen MR) is 72.5 cm³/mol. The lowest BCUT2D eigenvalue weighted by atomic mass is 9.77. The van der Waals surface area contributed by atoms with E-state index in [2.05, 4.69) is 13.8 Å². The lowest BCUT2D eigenvalue weighted by Crippen LogP contribution is -2.24. The van der Waals surface area contributed by atoms with Crippen LogP contribution in [-0.4, -0.2) is 5.11 Å². The number of aliphatic hydroxyl groups excluding tert-OH is 1. The smallest absolute Gasteiger partial charge is 0.0838 e. The fourth-order valence-electron chi connectivity index (χ4n) is 2.90. The Labute approximate surface area is 113 Å². The van der Waals surface area contributed by atoms with Crippen molar-refractivity contribution in [3.63, 3.8) is 0 Å². The predicted octanol–water partition coefficient (Wildman–Crippen LogP) is 4.85. The van der Waals surface area contributed by atoms with Gasteiger partial charge in [-0.15, -0.1) is 0 Å². The molecule has 3 heteroatoms. The molecule has 2 unspecified atom stereocenters. The first-order chi connectivity index (χ1) is 7.92. The second kappa shape index (κ2) is 4.79. The summed E-state index contributed by atoms with van der Waals surface area (Å²) in [6.45, 7) is 4.43. The van der Waals surface area contributed by atoms with Crippen molar-refractivity contribution in [2.24, 2.45) is 11.3 Å². The van der Waals surface area contributed by atoms with E-state index in [0.717, 1.165) is 18.4 Å². The maximum absolute atomic E-state index is 10.5. The number of hydrogen-bond donors (Lipinski definition) is 1. The van der Waals surface area contributed by atoms with Crippen LogP contribution in [0.15, 0.2) is 18.2 Å². The number of rotatable bonds is 2. The van der Waals surface area contributed by atoms with Gasteiger partial charge in [0.2, 0.25) is 0 Å². The van der Waals surface area contributed by atoms with E-state index in [1.165, 1.54) is 6.42 Å². The Bertz CT molecular complexity index is 415. The van der Waals surface area contributed by atoms with E-state index < -0.39 is 6.10 Å². The highest BCUT2D eigenvalue weighted by Gasteiger charge is 2.39. The monoisotopic (exact) mass is 272 g/mol. The minimum atomic E-state index is -0.515. The summed E-state index contributed by atoms with van der Waals surface area (Å²) in [5.74, 6) is 0.262. The van der Waals surface area contributed by atoms with Crippen molar-refractivity contribution >= 4 is 23.2 Å². The zero-order chi connectivity index (χ0) is 12.6. The van der Waals surface area contributed by atoms with Crippen LogP contribution in [0.25, 0.3) is 0 Å². The van der Waals surface area contributed by atoms with Crippen LogP contribution in [0.2, 0.25) is 10.0 Å². The van der Waals surface area contributed by atoms with Gasteiger partial charge < -0.3 is 5.11 Å². The van der Waals surface area contributed by atoms with E-state index >= 15 is 0 Å². The third-order valence-electron chi connectivity index (χ3n) is 4.00. The molecule has 1 aromatic rings. The Kier molecular flexibility index (Phi) is 3.72. The minimum Gasteiger partial charge on any atom is -0.388 e. The number of hydrogen-bond acceptors (Lipinski definition) is 1. The van der Waals surface area contributed by atoms with Crippen LogP contribution in [0.1, 0.15) is 44.8 Å². The molecular weight excluding hydrogens is 255 g/mol. The summed E-state index contributed by atoms with van der Waals surface area (Å²) in [6, 6.07) is 5.28. The van der Waals surface area contributed by atoms with Gasteiger partial charge in [0.25, 0.3) is 0 Å². The second-order valence-electron chi connectivity index (χ2n) is 5.60.